The number of carbonyl (C=O) groups is 1. The summed E-state index contributed by atoms with van der Waals surface area (Å²) < 4.78 is 9.08. The molecular weight excluding hydrogens is 352 g/mol. The molecule has 0 atom stereocenters. The SMILES string of the molecule is Cc1cc(CN(C)C(=O)CCCn2cnc3c2c(=O)n(C)c(=O)n3C)no1. The molecular formula is C17H22N6O4. The Morgan fingerprint density at radius 2 is 2.00 bits per heavy atom. The number of hydrogen-bond acceptors (Lipinski definition) is 6. The van der Waals surface area contributed by atoms with Gasteiger partial charge in [-0.15, -0.1) is 0 Å². The third-order valence-electron chi connectivity index (χ3n) is 4.51. The van der Waals surface area contributed by atoms with E-state index in [4.69, 9.17) is 4.52 Å². The fourth-order valence-corrected chi connectivity index (χ4v) is 2.98. The summed E-state index contributed by atoms with van der Waals surface area (Å²) in [6.45, 7) is 2.63. The molecule has 0 bridgehead atoms. The summed E-state index contributed by atoms with van der Waals surface area (Å²) in [7, 11) is 4.72. The van der Waals surface area contributed by atoms with Gasteiger partial charge in [-0.3, -0.25) is 18.7 Å². The smallest absolute Gasteiger partial charge is 0.332 e. The predicted octanol–water partition coefficient (Wildman–Crippen LogP) is 0.169. The number of rotatable bonds is 6. The minimum absolute atomic E-state index is 0.0274. The van der Waals surface area contributed by atoms with Crippen LogP contribution >= 0.6 is 0 Å². The first-order chi connectivity index (χ1) is 12.8. The molecule has 3 heterocycles. The van der Waals surface area contributed by atoms with E-state index in [1.807, 2.05) is 0 Å². The average Bonchev–Trinajstić information content (AvgIpc) is 3.24. The Morgan fingerprint density at radius 1 is 1.26 bits per heavy atom. The van der Waals surface area contributed by atoms with Crippen molar-refractivity contribution in [1.29, 1.82) is 0 Å². The first-order valence-corrected chi connectivity index (χ1v) is 8.56. The number of hydrogen-bond donors (Lipinski definition) is 0. The van der Waals surface area contributed by atoms with Gasteiger partial charge in [0, 0.05) is 40.2 Å². The van der Waals surface area contributed by atoms with E-state index >= 15 is 0 Å². The van der Waals surface area contributed by atoms with Crippen molar-refractivity contribution in [2.75, 3.05) is 7.05 Å². The predicted molar refractivity (Wildman–Crippen MR) is 97.2 cm³/mol. The van der Waals surface area contributed by atoms with Gasteiger partial charge in [0.1, 0.15) is 11.5 Å². The number of amides is 1. The van der Waals surface area contributed by atoms with Crippen LogP contribution in [0.15, 0.2) is 26.5 Å². The van der Waals surface area contributed by atoms with Crippen LogP contribution in [0.2, 0.25) is 0 Å². The van der Waals surface area contributed by atoms with E-state index in [9.17, 15) is 14.4 Å². The van der Waals surface area contributed by atoms with Gasteiger partial charge < -0.3 is 14.0 Å². The molecule has 3 aromatic rings. The van der Waals surface area contributed by atoms with Gasteiger partial charge in [0.2, 0.25) is 5.91 Å². The fourth-order valence-electron chi connectivity index (χ4n) is 2.98. The van der Waals surface area contributed by atoms with Gasteiger partial charge in [-0.25, -0.2) is 9.78 Å². The van der Waals surface area contributed by atoms with Crippen LogP contribution in [0.25, 0.3) is 11.2 Å². The monoisotopic (exact) mass is 374 g/mol. The minimum Gasteiger partial charge on any atom is -0.361 e. The zero-order valence-electron chi connectivity index (χ0n) is 15.8. The van der Waals surface area contributed by atoms with E-state index in [0.717, 1.165) is 4.57 Å². The van der Waals surface area contributed by atoms with Gasteiger partial charge in [-0.05, 0) is 13.3 Å². The summed E-state index contributed by atoms with van der Waals surface area (Å²) in [6.07, 6.45) is 2.38. The number of aromatic nitrogens is 5. The molecule has 1 amide bonds. The van der Waals surface area contributed by atoms with Gasteiger partial charge in [-0.2, -0.15) is 0 Å². The van der Waals surface area contributed by atoms with E-state index in [-0.39, 0.29) is 5.91 Å². The molecule has 10 heteroatoms. The largest absolute Gasteiger partial charge is 0.361 e. The summed E-state index contributed by atoms with van der Waals surface area (Å²) in [6, 6.07) is 1.79. The van der Waals surface area contributed by atoms with E-state index < -0.39 is 11.2 Å². The van der Waals surface area contributed by atoms with Gasteiger partial charge in [0.05, 0.1) is 12.9 Å². The third-order valence-corrected chi connectivity index (χ3v) is 4.51. The third kappa shape index (κ3) is 3.55. The van der Waals surface area contributed by atoms with Crippen molar-refractivity contribution >= 4 is 17.1 Å². The highest BCUT2D eigenvalue weighted by Gasteiger charge is 2.15. The van der Waals surface area contributed by atoms with Crippen molar-refractivity contribution in [3.05, 3.63) is 44.7 Å². The molecule has 0 radical (unpaired) electrons. The fraction of sp³-hybridized carbons (Fsp3) is 0.471. The van der Waals surface area contributed by atoms with Crippen molar-refractivity contribution in [1.82, 2.24) is 28.7 Å². The van der Waals surface area contributed by atoms with Crippen LogP contribution in [0.4, 0.5) is 0 Å². The molecule has 144 valence electrons. The molecule has 10 nitrogen and oxygen atoms in total. The Balaban J connectivity index is 1.66. The van der Waals surface area contributed by atoms with Gasteiger partial charge in [0.15, 0.2) is 11.2 Å². The average molecular weight is 374 g/mol. The van der Waals surface area contributed by atoms with E-state index in [0.29, 0.717) is 48.5 Å². The molecule has 0 unspecified atom stereocenters. The molecule has 0 aliphatic heterocycles. The van der Waals surface area contributed by atoms with E-state index in [2.05, 4.69) is 10.1 Å². The summed E-state index contributed by atoms with van der Waals surface area (Å²) >= 11 is 0. The molecule has 0 N–H and O–H groups in total. The second kappa shape index (κ2) is 7.22. The summed E-state index contributed by atoms with van der Waals surface area (Å²) in [5.74, 6) is 0.675. The number of nitrogens with zero attached hydrogens (tertiary/aromatic N) is 6. The maximum atomic E-state index is 12.4. The molecule has 0 fully saturated rings. The van der Waals surface area contributed by atoms with E-state index in [1.165, 1.54) is 17.9 Å². The van der Waals surface area contributed by atoms with Crippen molar-refractivity contribution in [3.8, 4) is 0 Å². The van der Waals surface area contributed by atoms with Crippen molar-refractivity contribution in [2.24, 2.45) is 14.1 Å². The molecule has 3 aromatic heterocycles. The highest BCUT2D eigenvalue weighted by Crippen LogP contribution is 2.09. The highest BCUT2D eigenvalue weighted by atomic mass is 16.5. The Bertz CT molecular complexity index is 1100. The summed E-state index contributed by atoms with van der Waals surface area (Å²) in [5, 5.41) is 3.88. The van der Waals surface area contributed by atoms with Crippen LogP contribution in [0.5, 0.6) is 0 Å². The second-order valence-electron chi connectivity index (χ2n) is 6.60. The first kappa shape index (κ1) is 18.6. The maximum absolute atomic E-state index is 12.4. The zero-order valence-corrected chi connectivity index (χ0v) is 15.8. The number of fused-ring (bicyclic) bond motifs is 1. The number of aryl methyl sites for hydroxylation is 3. The Labute approximate surface area is 154 Å². The second-order valence-corrected chi connectivity index (χ2v) is 6.60. The van der Waals surface area contributed by atoms with Crippen LogP contribution in [0.1, 0.15) is 24.3 Å². The molecule has 0 aromatic carbocycles. The maximum Gasteiger partial charge on any atom is 0.332 e. The Kier molecular flexibility index (Phi) is 4.98. The van der Waals surface area contributed by atoms with Crippen LogP contribution in [0.3, 0.4) is 0 Å². The first-order valence-electron chi connectivity index (χ1n) is 8.56. The molecule has 0 spiro atoms. The summed E-state index contributed by atoms with van der Waals surface area (Å²) in [4.78, 5) is 42.4. The summed E-state index contributed by atoms with van der Waals surface area (Å²) in [5.41, 5.74) is 0.591. The van der Waals surface area contributed by atoms with Gasteiger partial charge in [0.25, 0.3) is 5.56 Å². The molecule has 0 aliphatic rings. The quantitative estimate of drug-likeness (QED) is 0.609. The normalized spacial score (nSPS) is 11.3. The lowest BCUT2D eigenvalue weighted by atomic mass is 10.2. The van der Waals surface area contributed by atoms with Gasteiger partial charge in [-0.1, -0.05) is 5.16 Å². The van der Waals surface area contributed by atoms with Crippen LogP contribution in [0, 0.1) is 6.92 Å². The van der Waals surface area contributed by atoms with Crippen molar-refractivity contribution < 1.29 is 9.32 Å². The van der Waals surface area contributed by atoms with Crippen LogP contribution in [-0.4, -0.2) is 41.7 Å². The standard InChI is InChI=1S/C17H22N6O4/c1-11-8-12(19-27-11)9-20(2)13(24)6-5-7-23-10-18-15-14(23)16(25)22(4)17(26)21(15)3/h8,10H,5-7,9H2,1-4H3. The zero-order chi connectivity index (χ0) is 19.7. The Hall–Kier alpha value is -3.17. The molecule has 3 rings (SSSR count). The van der Waals surface area contributed by atoms with Crippen molar-refractivity contribution in [3.63, 3.8) is 0 Å². The van der Waals surface area contributed by atoms with Crippen LogP contribution < -0.4 is 11.2 Å². The minimum atomic E-state index is -0.419. The topological polar surface area (TPSA) is 108 Å². The number of carbonyl (C=O) groups excluding carboxylic acids is 1. The molecule has 0 saturated carbocycles. The van der Waals surface area contributed by atoms with Crippen molar-refractivity contribution in [2.45, 2.75) is 32.9 Å². The number of imidazole rings is 1. The lowest BCUT2D eigenvalue weighted by Gasteiger charge is -2.15. The molecule has 0 aliphatic carbocycles. The highest BCUT2D eigenvalue weighted by molar-refractivity contribution is 5.75. The lowest BCUT2D eigenvalue weighted by molar-refractivity contribution is -0.130. The Morgan fingerprint density at radius 3 is 2.67 bits per heavy atom. The lowest BCUT2D eigenvalue weighted by Crippen LogP contribution is -2.37. The van der Waals surface area contributed by atoms with E-state index in [1.54, 1.807) is 36.6 Å². The van der Waals surface area contributed by atoms with Crippen LogP contribution in [-0.2, 0) is 32.0 Å². The molecule has 27 heavy (non-hydrogen) atoms. The van der Waals surface area contributed by atoms with Gasteiger partial charge >= 0.3 is 5.69 Å². The molecule has 0 saturated heterocycles.